The molecule has 0 N–H and O–H groups in total. The van der Waals surface area contributed by atoms with E-state index in [4.69, 9.17) is 4.74 Å². The summed E-state index contributed by atoms with van der Waals surface area (Å²) in [5.41, 5.74) is 1.51. The Morgan fingerprint density at radius 3 is 2.73 bits per heavy atom. The Hall–Kier alpha value is -2.43. The number of hydrogen-bond donors (Lipinski definition) is 0. The fourth-order valence-corrected chi connectivity index (χ4v) is 2.42. The summed E-state index contributed by atoms with van der Waals surface area (Å²) >= 11 is 0. The van der Waals surface area contributed by atoms with Gasteiger partial charge in [-0.05, 0) is 32.4 Å². The number of carbonyl (C=O) groups excluding carboxylic acids is 1. The van der Waals surface area contributed by atoms with Crippen molar-refractivity contribution in [3.63, 3.8) is 0 Å². The summed E-state index contributed by atoms with van der Waals surface area (Å²) < 4.78 is 7.15. The molecule has 1 aromatic carbocycles. The maximum Gasteiger partial charge on any atom is 0.258 e. The molecule has 116 valence electrons. The molecule has 1 aromatic heterocycles. The smallest absolute Gasteiger partial charge is 0.258 e. The molecule has 5 nitrogen and oxygen atoms in total. The first-order valence-corrected chi connectivity index (χ1v) is 7.43. The van der Waals surface area contributed by atoms with Gasteiger partial charge in [-0.1, -0.05) is 13.0 Å². The van der Waals surface area contributed by atoms with Gasteiger partial charge in [0.05, 0.1) is 17.9 Å². The third-order valence-corrected chi connectivity index (χ3v) is 3.27. The van der Waals surface area contributed by atoms with Gasteiger partial charge in [0.2, 0.25) is 0 Å². The zero-order valence-electron chi connectivity index (χ0n) is 13.1. The van der Waals surface area contributed by atoms with Gasteiger partial charge in [0.1, 0.15) is 5.82 Å². The van der Waals surface area contributed by atoms with Crippen LogP contribution in [0.15, 0.2) is 29.1 Å². The van der Waals surface area contributed by atoms with Crippen LogP contribution in [0.25, 0.3) is 5.69 Å². The van der Waals surface area contributed by atoms with Crippen LogP contribution in [0.5, 0.6) is 5.75 Å². The van der Waals surface area contributed by atoms with Crippen molar-refractivity contribution in [1.82, 2.24) is 9.55 Å². The van der Waals surface area contributed by atoms with Gasteiger partial charge < -0.3 is 4.74 Å². The molecule has 2 rings (SSSR count). The van der Waals surface area contributed by atoms with Gasteiger partial charge in [-0.15, -0.1) is 0 Å². The maximum atomic E-state index is 12.5. The summed E-state index contributed by atoms with van der Waals surface area (Å²) in [6.07, 6.45) is 2.28. The summed E-state index contributed by atoms with van der Waals surface area (Å²) in [5.74, 6) is 1.10. The van der Waals surface area contributed by atoms with E-state index in [1.807, 2.05) is 13.8 Å². The molecule has 0 aliphatic heterocycles. The van der Waals surface area contributed by atoms with E-state index in [1.54, 1.807) is 25.1 Å². The van der Waals surface area contributed by atoms with E-state index in [2.05, 4.69) is 4.98 Å². The Bertz CT molecular complexity index is 735. The molecule has 0 saturated carbocycles. The van der Waals surface area contributed by atoms with Gasteiger partial charge in [0.15, 0.2) is 12.0 Å². The Morgan fingerprint density at radius 2 is 2.09 bits per heavy atom. The lowest BCUT2D eigenvalue weighted by Crippen LogP contribution is -2.24. The molecule has 22 heavy (non-hydrogen) atoms. The Kier molecular flexibility index (Phi) is 5.09. The van der Waals surface area contributed by atoms with Gasteiger partial charge >= 0.3 is 0 Å². The quantitative estimate of drug-likeness (QED) is 0.770. The highest BCUT2D eigenvalue weighted by Crippen LogP contribution is 2.26. The number of benzene rings is 1. The van der Waals surface area contributed by atoms with Crippen LogP contribution in [0.2, 0.25) is 0 Å². The average Bonchev–Trinajstić information content (AvgIpc) is 2.48. The molecular weight excluding hydrogens is 280 g/mol. The number of aryl methyl sites for hydroxylation is 2. The van der Waals surface area contributed by atoms with Crippen molar-refractivity contribution in [2.24, 2.45) is 0 Å². The van der Waals surface area contributed by atoms with Gasteiger partial charge in [-0.3, -0.25) is 14.2 Å². The van der Waals surface area contributed by atoms with Crippen molar-refractivity contribution in [2.45, 2.75) is 33.6 Å². The van der Waals surface area contributed by atoms with E-state index in [-0.39, 0.29) is 5.56 Å². The highest BCUT2D eigenvalue weighted by Gasteiger charge is 2.16. The number of rotatable bonds is 6. The Morgan fingerprint density at radius 1 is 1.32 bits per heavy atom. The van der Waals surface area contributed by atoms with Crippen molar-refractivity contribution in [3.05, 3.63) is 51.7 Å². The maximum absolute atomic E-state index is 12.5. The minimum Gasteiger partial charge on any atom is -0.491 e. The molecule has 0 unspecified atom stereocenters. The normalized spacial score (nSPS) is 10.5. The van der Waals surface area contributed by atoms with Crippen LogP contribution in [0.1, 0.15) is 42.1 Å². The second-order valence-electron chi connectivity index (χ2n) is 4.98. The van der Waals surface area contributed by atoms with Crippen molar-refractivity contribution in [3.8, 4) is 11.4 Å². The third kappa shape index (κ3) is 3.08. The van der Waals surface area contributed by atoms with Gasteiger partial charge in [-0.2, -0.15) is 0 Å². The first kappa shape index (κ1) is 15.9. The van der Waals surface area contributed by atoms with Crippen molar-refractivity contribution in [1.29, 1.82) is 0 Å². The Balaban J connectivity index is 2.76. The number of aromatic nitrogens is 2. The summed E-state index contributed by atoms with van der Waals surface area (Å²) in [7, 11) is 0. The van der Waals surface area contributed by atoms with Crippen molar-refractivity contribution < 1.29 is 9.53 Å². The number of para-hydroxylation sites is 1. The molecule has 2 aromatic rings. The zero-order valence-corrected chi connectivity index (χ0v) is 13.1. The van der Waals surface area contributed by atoms with Crippen molar-refractivity contribution in [2.75, 3.05) is 6.61 Å². The molecular formula is C17H20N2O3. The lowest BCUT2D eigenvalue weighted by Gasteiger charge is -2.17. The standard InChI is InChI=1S/C17H20N2O3/c1-4-7-15-18-12(3)10-16(21)19(15)14-9-6-8-13(11-20)17(14)22-5-2/h6,8-11H,4-5,7H2,1-3H3. The second kappa shape index (κ2) is 7.02. The summed E-state index contributed by atoms with van der Waals surface area (Å²) in [5, 5.41) is 0. The predicted octanol–water partition coefficient (Wildman–Crippen LogP) is 2.70. The molecule has 0 aliphatic rings. The first-order chi connectivity index (χ1) is 10.6. The molecule has 0 amide bonds. The van der Waals surface area contributed by atoms with Crippen LogP contribution in [0, 0.1) is 6.92 Å². The zero-order chi connectivity index (χ0) is 16.1. The number of hydrogen-bond acceptors (Lipinski definition) is 4. The van der Waals surface area contributed by atoms with E-state index >= 15 is 0 Å². The molecule has 0 atom stereocenters. The molecule has 0 radical (unpaired) electrons. The lowest BCUT2D eigenvalue weighted by molar-refractivity contribution is 0.111. The lowest BCUT2D eigenvalue weighted by atomic mass is 10.1. The first-order valence-electron chi connectivity index (χ1n) is 7.43. The molecule has 0 saturated heterocycles. The molecule has 0 aliphatic carbocycles. The summed E-state index contributed by atoms with van der Waals surface area (Å²) in [4.78, 5) is 28.2. The van der Waals surface area contributed by atoms with Gasteiger partial charge in [0, 0.05) is 18.2 Å². The van der Waals surface area contributed by atoms with Crippen LogP contribution in [-0.4, -0.2) is 22.4 Å². The highest BCUT2D eigenvalue weighted by atomic mass is 16.5. The largest absolute Gasteiger partial charge is 0.491 e. The Labute approximate surface area is 129 Å². The van der Waals surface area contributed by atoms with E-state index in [0.717, 1.165) is 12.7 Å². The fraction of sp³-hybridized carbons (Fsp3) is 0.353. The minimum absolute atomic E-state index is 0.167. The van der Waals surface area contributed by atoms with Crippen LogP contribution in [-0.2, 0) is 6.42 Å². The van der Waals surface area contributed by atoms with Gasteiger partial charge in [0.25, 0.3) is 5.56 Å². The number of carbonyl (C=O) groups is 1. The topological polar surface area (TPSA) is 61.2 Å². The van der Waals surface area contributed by atoms with E-state index < -0.39 is 0 Å². The minimum atomic E-state index is -0.167. The van der Waals surface area contributed by atoms with Gasteiger partial charge in [-0.25, -0.2) is 4.98 Å². The third-order valence-electron chi connectivity index (χ3n) is 3.27. The second-order valence-corrected chi connectivity index (χ2v) is 4.98. The van der Waals surface area contributed by atoms with E-state index in [0.29, 0.717) is 41.5 Å². The van der Waals surface area contributed by atoms with E-state index in [9.17, 15) is 9.59 Å². The molecule has 0 spiro atoms. The van der Waals surface area contributed by atoms with Crippen molar-refractivity contribution >= 4 is 6.29 Å². The fourth-order valence-electron chi connectivity index (χ4n) is 2.42. The summed E-state index contributed by atoms with van der Waals surface area (Å²) in [6, 6.07) is 6.68. The predicted molar refractivity (Wildman–Crippen MR) is 85.1 cm³/mol. The van der Waals surface area contributed by atoms with Crippen LogP contribution in [0.3, 0.4) is 0 Å². The average molecular weight is 300 g/mol. The number of aldehydes is 1. The molecule has 1 heterocycles. The summed E-state index contributed by atoms with van der Waals surface area (Å²) in [6.45, 7) is 6.09. The monoisotopic (exact) mass is 300 g/mol. The SMILES string of the molecule is CCCc1nc(C)cc(=O)n1-c1cccc(C=O)c1OCC. The molecule has 0 bridgehead atoms. The van der Waals surface area contributed by atoms with Crippen LogP contribution >= 0.6 is 0 Å². The van der Waals surface area contributed by atoms with Crippen LogP contribution < -0.4 is 10.3 Å². The molecule has 5 heteroatoms. The highest BCUT2D eigenvalue weighted by molar-refractivity contribution is 5.82. The molecule has 0 fully saturated rings. The number of ether oxygens (including phenoxy) is 1. The van der Waals surface area contributed by atoms with E-state index in [1.165, 1.54) is 10.6 Å². The van der Waals surface area contributed by atoms with Crippen LogP contribution in [0.4, 0.5) is 0 Å². The number of nitrogens with zero attached hydrogens (tertiary/aromatic N) is 2.